The van der Waals surface area contributed by atoms with Crippen molar-refractivity contribution in [2.45, 2.75) is 26.7 Å². The van der Waals surface area contributed by atoms with Crippen molar-refractivity contribution in [3.05, 3.63) is 0 Å². The maximum Gasteiger partial charge on any atom is 0.0293 e. The van der Waals surface area contributed by atoms with E-state index < -0.39 is 0 Å². The van der Waals surface area contributed by atoms with E-state index >= 15 is 0 Å². The summed E-state index contributed by atoms with van der Waals surface area (Å²) < 4.78 is 12.5. The lowest BCUT2D eigenvalue weighted by molar-refractivity contribution is -0.0150. The highest BCUT2D eigenvalue weighted by molar-refractivity contribution is 4.69. The van der Waals surface area contributed by atoms with Crippen molar-refractivity contribution in [2.75, 3.05) is 13.1 Å². The maximum atomic E-state index is 12.5. The molecular weight excluding hydrogens is 129 g/mol. The van der Waals surface area contributed by atoms with Gasteiger partial charge in [-0.3, -0.25) is 0 Å². The molecule has 0 unspecified atom stereocenters. The van der Waals surface area contributed by atoms with Crippen LogP contribution in [-0.4, -0.2) is 18.2 Å². The largest absolute Gasteiger partial charge is 0.146 e. The molecule has 1 rings (SSSR count). The minimum atomic E-state index is 0.642. The summed E-state index contributed by atoms with van der Waals surface area (Å²) >= 11 is 0. The fraction of sp³-hybridized carbons (Fsp3) is 1.00. The second kappa shape index (κ2) is 3.33. The summed E-state index contributed by atoms with van der Waals surface area (Å²) in [6.45, 7) is 5.73. The smallest absolute Gasteiger partial charge is 0.0293 e. The summed E-state index contributed by atoms with van der Waals surface area (Å²) in [6.07, 6.45) is 2.07. The Kier molecular flexibility index (Phi) is 2.66. The maximum absolute atomic E-state index is 12.5. The highest BCUT2D eigenvalue weighted by atomic mass is 19.2. The van der Waals surface area contributed by atoms with Crippen LogP contribution in [0.25, 0.3) is 0 Å². The third-order valence-corrected chi connectivity index (χ3v) is 2.43. The first-order valence-corrected chi connectivity index (χ1v) is 4.11. The molecule has 0 aromatic heterocycles. The highest BCUT2D eigenvalue weighted by Gasteiger charge is 2.20. The molecule has 0 aromatic rings. The predicted molar refractivity (Wildman–Crippen MR) is 40.2 cm³/mol. The molecule has 0 amide bonds. The minimum Gasteiger partial charge on any atom is -0.146 e. The van der Waals surface area contributed by atoms with E-state index in [1.165, 1.54) is 0 Å². The molecule has 0 saturated carbocycles. The van der Waals surface area contributed by atoms with Crippen LogP contribution in [0.2, 0.25) is 0 Å². The fourth-order valence-electron chi connectivity index (χ4n) is 1.53. The van der Waals surface area contributed by atoms with Gasteiger partial charge in [0.05, 0.1) is 0 Å². The van der Waals surface area contributed by atoms with Gasteiger partial charge in [-0.1, -0.05) is 13.8 Å². The monoisotopic (exact) mass is 145 g/mol. The minimum absolute atomic E-state index is 0.642. The molecule has 0 bridgehead atoms. The van der Waals surface area contributed by atoms with Gasteiger partial charge in [0.15, 0.2) is 0 Å². The molecule has 1 aliphatic heterocycles. The molecule has 0 atom stereocenters. The van der Waals surface area contributed by atoms with E-state index in [9.17, 15) is 4.48 Å². The van der Waals surface area contributed by atoms with Crippen molar-refractivity contribution in [1.29, 1.82) is 0 Å². The molecule has 0 aromatic carbocycles. The predicted octanol–water partition coefficient (Wildman–Crippen LogP) is 2.24. The standard InChI is InChI=1S/C8H16FN/c1-7(2)8-3-5-10(9)6-4-8/h7-8H,3-6H2,1-2H3. The van der Waals surface area contributed by atoms with Gasteiger partial charge in [-0.15, -0.1) is 9.60 Å². The van der Waals surface area contributed by atoms with Gasteiger partial charge in [0.2, 0.25) is 0 Å². The zero-order valence-electron chi connectivity index (χ0n) is 6.81. The number of nitrogens with zero attached hydrogens (tertiary/aromatic N) is 1. The molecule has 1 aliphatic rings. The Hall–Kier alpha value is -0.110. The van der Waals surface area contributed by atoms with Crippen molar-refractivity contribution in [2.24, 2.45) is 11.8 Å². The normalized spacial score (nSPS) is 24.0. The molecule has 60 valence electrons. The zero-order chi connectivity index (χ0) is 7.56. The Balaban J connectivity index is 2.26. The molecular formula is C8H16FN. The van der Waals surface area contributed by atoms with Crippen LogP contribution in [0.5, 0.6) is 0 Å². The van der Waals surface area contributed by atoms with Gasteiger partial charge in [0, 0.05) is 13.1 Å². The summed E-state index contributed by atoms with van der Waals surface area (Å²) in [7, 11) is 0. The van der Waals surface area contributed by atoms with E-state index in [0.717, 1.165) is 29.8 Å². The lowest BCUT2D eigenvalue weighted by Crippen LogP contribution is -2.29. The van der Waals surface area contributed by atoms with Gasteiger partial charge >= 0.3 is 0 Å². The Morgan fingerprint density at radius 2 is 1.80 bits per heavy atom. The van der Waals surface area contributed by atoms with Crippen LogP contribution < -0.4 is 0 Å². The van der Waals surface area contributed by atoms with Crippen LogP contribution in [0.3, 0.4) is 0 Å². The van der Waals surface area contributed by atoms with Crippen molar-refractivity contribution in [3.63, 3.8) is 0 Å². The first-order chi connectivity index (χ1) is 4.70. The molecule has 0 N–H and O–H groups in total. The van der Waals surface area contributed by atoms with Crippen LogP contribution in [-0.2, 0) is 0 Å². The zero-order valence-corrected chi connectivity index (χ0v) is 6.81. The van der Waals surface area contributed by atoms with Gasteiger partial charge in [-0.25, -0.2) is 0 Å². The van der Waals surface area contributed by atoms with E-state index in [4.69, 9.17) is 0 Å². The highest BCUT2D eigenvalue weighted by Crippen LogP contribution is 2.24. The quantitative estimate of drug-likeness (QED) is 0.511. The average molecular weight is 145 g/mol. The molecule has 1 heterocycles. The van der Waals surface area contributed by atoms with Crippen molar-refractivity contribution in [1.82, 2.24) is 5.12 Å². The number of hydrogen-bond donors (Lipinski definition) is 0. The van der Waals surface area contributed by atoms with Crippen molar-refractivity contribution < 1.29 is 4.48 Å². The molecule has 1 fully saturated rings. The Bertz CT molecular complexity index is 95.4. The first-order valence-electron chi connectivity index (χ1n) is 4.11. The molecule has 0 aliphatic carbocycles. The van der Waals surface area contributed by atoms with E-state index in [1.807, 2.05) is 0 Å². The molecule has 0 radical (unpaired) electrons. The summed E-state index contributed by atoms with van der Waals surface area (Å²) in [4.78, 5) is 0. The van der Waals surface area contributed by atoms with E-state index in [1.54, 1.807) is 0 Å². The summed E-state index contributed by atoms with van der Waals surface area (Å²) in [5.74, 6) is 1.49. The van der Waals surface area contributed by atoms with Crippen molar-refractivity contribution >= 4 is 0 Å². The van der Waals surface area contributed by atoms with Crippen LogP contribution in [0.4, 0.5) is 4.48 Å². The summed E-state index contributed by atoms with van der Waals surface area (Å²) in [5, 5.41) is 0.929. The van der Waals surface area contributed by atoms with E-state index in [0.29, 0.717) is 13.1 Å². The number of rotatable bonds is 1. The van der Waals surface area contributed by atoms with Gasteiger partial charge < -0.3 is 0 Å². The number of halogens is 1. The molecule has 1 nitrogen and oxygen atoms in total. The second-order valence-corrected chi connectivity index (χ2v) is 3.49. The molecule has 2 heteroatoms. The van der Waals surface area contributed by atoms with Crippen LogP contribution >= 0.6 is 0 Å². The van der Waals surface area contributed by atoms with Crippen LogP contribution in [0.15, 0.2) is 0 Å². The van der Waals surface area contributed by atoms with Crippen LogP contribution in [0.1, 0.15) is 26.7 Å². The summed E-state index contributed by atoms with van der Waals surface area (Å²) in [5.41, 5.74) is 0. The average Bonchev–Trinajstić information content (AvgIpc) is 1.88. The molecule has 1 saturated heterocycles. The second-order valence-electron chi connectivity index (χ2n) is 3.49. The Labute approximate surface area is 62.1 Å². The fourth-order valence-corrected chi connectivity index (χ4v) is 1.53. The first kappa shape index (κ1) is 7.99. The Morgan fingerprint density at radius 3 is 2.20 bits per heavy atom. The Morgan fingerprint density at radius 1 is 1.30 bits per heavy atom. The summed E-state index contributed by atoms with van der Waals surface area (Å²) in [6, 6.07) is 0. The molecule has 10 heavy (non-hydrogen) atoms. The number of hydrogen-bond acceptors (Lipinski definition) is 1. The van der Waals surface area contributed by atoms with Gasteiger partial charge in [0.1, 0.15) is 0 Å². The number of piperidine rings is 1. The van der Waals surface area contributed by atoms with Gasteiger partial charge in [0.25, 0.3) is 0 Å². The lowest BCUT2D eigenvalue weighted by atomic mass is 9.87. The third kappa shape index (κ3) is 1.94. The lowest BCUT2D eigenvalue weighted by Gasteiger charge is -2.28. The van der Waals surface area contributed by atoms with Crippen LogP contribution in [0, 0.1) is 11.8 Å². The van der Waals surface area contributed by atoms with Crippen molar-refractivity contribution in [3.8, 4) is 0 Å². The third-order valence-electron chi connectivity index (χ3n) is 2.43. The van der Waals surface area contributed by atoms with Gasteiger partial charge in [-0.05, 0) is 24.7 Å². The van der Waals surface area contributed by atoms with E-state index in [-0.39, 0.29) is 0 Å². The van der Waals surface area contributed by atoms with E-state index in [2.05, 4.69) is 13.8 Å². The molecule has 0 spiro atoms. The topological polar surface area (TPSA) is 3.24 Å². The van der Waals surface area contributed by atoms with Gasteiger partial charge in [-0.2, -0.15) is 0 Å². The SMILES string of the molecule is CC(C)C1CCN(F)CC1.